The van der Waals surface area contributed by atoms with Crippen LogP contribution in [0, 0.1) is 0 Å². The first-order chi connectivity index (χ1) is 13.9. The zero-order valence-electron chi connectivity index (χ0n) is 15.8. The highest BCUT2D eigenvalue weighted by atomic mass is 32.2. The van der Waals surface area contributed by atoms with Crippen molar-refractivity contribution in [3.05, 3.63) is 48.3 Å². The number of fused-ring (bicyclic) bond motifs is 1. The minimum atomic E-state index is -3.94. The highest BCUT2D eigenvalue weighted by Crippen LogP contribution is 2.36. The van der Waals surface area contributed by atoms with E-state index in [2.05, 4.69) is 15.6 Å². The number of sulfone groups is 1. The number of benzene rings is 1. The Balaban J connectivity index is 1.91. The standard InChI is InChI=1S/C19H21N3O6S/c1-2-21-18(23)19(24)22-12-17(13-4-3-7-20-11-13)29(25,26)14-5-6-15-16(10-14)28-9-8-27-15/h3-7,10-11,17H,2,8-9,12H2,1H3,(H,21,23)(H,22,24)/t17-/m1/s1. The van der Waals surface area contributed by atoms with Crippen molar-refractivity contribution >= 4 is 21.7 Å². The van der Waals surface area contributed by atoms with Gasteiger partial charge in [0, 0.05) is 31.5 Å². The molecule has 0 aliphatic carbocycles. The van der Waals surface area contributed by atoms with Crippen molar-refractivity contribution in [2.75, 3.05) is 26.3 Å². The third-order valence-electron chi connectivity index (χ3n) is 4.26. The van der Waals surface area contributed by atoms with E-state index in [9.17, 15) is 18.0 Å². The summed E-state index contributed by atoms with van der Waals surface area (Å²) in [5.74, 6) is -0.918. The largest absolute Gasteiger partial charge is 0.486 e. The van der Waals surface area contributed by atoms with Gasteiger partial charge in [0.05, 0.1) is 4.90 Å². The van der Waals surface area contributed by atoms with Crippen molar-refractivity contribution in [1.82, 2.24) is 15.6 Å². The number of nitrogens with one attached hydrogen (secondary N) is 2. The number of hydrogen-bond acceptors (Lipinski definition) is 7. The molecule has 2 heterocycles. The van der Waals surface area contributed by atoms with E-state index in [1.807, 2.05) is 0 Å². The molecule has 10 heteroatoms. The van der Waals surface area contributed by atoms with Crippen LogP contribution >= 0.6 is 0 Å². The maximum Gasteiger partial charge on any atom is 0.309 e. The zero-order chi connectivity index (χ0) is 20.9. The second-order valence-electron chi connectivity index (χ2n) is 6.19. The second kappa shape index (κ2) is 8.91. The van der Waals surface area contributed by atoms with Crippen molar-refractivity contribution in [2.45, 2.75) is 17.1 Å². The lowest BCUT2D eigenvalue weighted by atomic mass is 10.2. The van der Waals surface area contributed by atoms with Gasteiger partial charge in [-0.2, -0.15) is 0 Å². The summed E-state index contributed by atoms with van der Waals surface area (Å²) in [7, 11) is -3.94. The Kier molecular flexibility index (Phi) is 6.32. The van der Waals surface area contributed by atoms with Gasteiger partial charge in [-0.05, 0) is 30.7 Å². The molecular weight excluding hydrogens is 398 g/mol. The van der Waals surface area contributed by atoms with Crippen LogP contribution < -0.4 is 20.1 Å². The fourth-order valence-corrected chi connectivity index (χ4v) is 4.50. The van der Waals surface area contributed by atoms with Gasteiger partial charge in [-0.3, -0.25) is 14.6 Å². The molecule has 1 aliphatic heterocycles. The number of rotatable bonds is 6. The molecule has 0 spiro atoms. The Morgan fingerprint density at radius 2 is 1.83 bits per heavy atom. The minimum Gasteiger partial charge on any atom is -0.486 e. The van der Waals surface area contributed by atoms with Crippen molar-refractivity contribution in [3.8, 4) is 11.5 Å². The molecule has 1 aromatic carbocycles. The molecular formula is C19H21N3O6S. The predicted octanol–water partition coefficient (Wildman–Crippen LogP) is 0.620. The number of aromatic nitrogens is 1. The summed E-state index contributed by atoms with van der Waals surface area (Å²) < 4.78 is 37.6. The van der Waals surface area contributed by atoms with Gasteiger partial charge in [0.15, 0.2) is 21.3 Å². The molecule has 9 nitrogen and oxygen atoms in total. The normalized spacial score (nSPS) is 14.0. The van der Waals surface area contributed by atoms with Gasteiger partial charge < -0.3 is 20.1 Å². The molecule has 0 saturated heterocycles. The fraction of sp³-hybridized carbons (Fsp3) is 0.316. The monoisotopic (exact) mass is 419 g/mol. The van der Waals surface area contributed by atoms with Crippen LogP contribution in [0.3, 0.4) is 0 Å². The van der Waals surface area contributed by atoms with Gasteiger partial charge in [-0.15, -0.1) is 0 Å². The molecule has 1 aromatic heterocycles. The Morgan fingerprint density at radius 1 is 1.10 bits per heavy atom. The number of likely N-dealkylation sites (N-methyl/N-ethyl adjacent to an activating group) is 1. The summed E-state index contributed by atoms with van der Waals surface area (Å²) in [5.41, 5.74) is 0.388. The third kappa shape index (κ3) is 4.65. The molecule has 0 unspecified atom stereocenters. The summed E-state index contributed by atoms with van der Waals surface area (Å²) >= 11 is 0. The molecule has 1 atom stereocenters. The van der Waals surface area contributed by atoms with Crippen LogP contribution in [0.5, 0.6) is 11.5 Å². The number of amides is 2. The van der Waals surface area contributed by atoms with Gasteiger partial charge in [-0.1, -0.05) is 6.07 Å². The summed E-state index contributed by atoms with van der Waals surface area (Å²) in [5, 5.41) is 3.62. The lowest BCUT2D eigenvalue weighted by Crippen LogP contribution is -2.42. The number of carbonyl (C=O) groups excluding carboxylic acids is 2. The Morgan fingerprint density at radius 3 is 2.52 bits per heavy atom. The quantitative estimate of drug-likeness (QED) is 0.658. The predicted molar refractivity (Wildman–Crippen MR) is 103 cm³/mol. The van der Waals surface area contributed by atoms with Crippen molar-refractivity contribution in [2.24, 2.45) is 0 Å². The average Bonchev–Trinajstić information content (AvgIpc) is 2.74. The third-order valence-corrected chi connectivity index (χ3v) is 6.36. The van der Waals surface area contributed by atoms with Gasteiger partial charge in [0.2, 0.25) is 0 Å². The lowest BCUT2D eigenvalue weighted by molar-refractivity contribution is -0.139. The van der Waals surface area contributed by atoms with E-state index in [0.29, 0.717) is 30.3 Å². The van der Waals surface area contributed by atoms with E-state index < -0.39 is 26.9 Å². The average molecular weight is 419 g/mol. The first-order valence-corrected chi connectivity index (χ1v) is 10.6. The summed E-state index contributed by atoms with van der Waals surface area (Å²) in [6.45, 7) is 2.39. The highest BCUT2D eigenvalue weighted by Gasteiger charge is 2.31. The number of carbonyl (C=O) groups is 2. The lowest BCUT2D eigenvalue weighted by Gasteiger charge is -2.21. The van der Waals surface area contributed by atoms with E-state index in [-0.39, 0.29) is 18.0 Å². The van der Waals surface area contributed by atoms with Gasteiger partial charge >= 0.3 is 11.8 Å². The SMILES string of the molecule is CCNC(=O)C(=O)NC[C@H](c1cccnc1)S(=O)(=O)c1ccc2c(c1)OCCO2. The summed E-state index contributed by atoms with van der Waals surface area (Å²) in [6, 6.07) is 7.57. The first kappa shape index (κ1) is 20.6. The maximum absolute atomic E-state index is 13.4. The van der Waals surface area contributed by atoms with Crippen molar-refractivity contribution in [1.29, 1.82) is 0 Å². The van der Waals surface area contributed by atoms with E-state index in [1.54, 1.807) is 19.1 Å². The fourth-order valence-electron chi connectivity index (χ4n) is 2.84. The van der Waals surface area contributed by atoms with Crippen LogP contribution in [-0.2, 0) is 19.4 Å². The molecule has 3 rings (SSSR count). The van der Waals surface area contributed by atoms with Crippen molar-refractivity contribution < 1.29 is 27.5 Å². The van der Waals surface area contributed by atoms with E-state index in [0.717, 1.165) is 0 Å². The van der Waals surface area contributed by atoms with Crippen LogP contribution in [0.25, 0.3) is 0 Å². The maximum atomic E-state index is 13.4. The molecule has 29 heavy (non-hydrogen) atoms. The van der Waals surface area contributed by atoms with E-state index in [1.165, 1.54) is 30.6 Å². The van der Waals surface area contributed by atoms with Crippen LogP contribution in [0.4, 0.5) is 0 Å². The van der Waals surface area contributed by atoms with Crippen LogP contribution in [0.15, 0.2) is 47.6 Å². The smallest absolute Gasteiger partial charge is 0.309 e. The molecule has 2 aromatic rings. The van der Waals surface area contributed by atoms with Gasteiger partial charge in [0.25, 0.3) is 0 Å². The highest BCUT2D eigenvalue weighted by molar-refractivity contribution is 7.91. The van der Waals surface area contributed by atoms with Crippen LogP contribution in [0.2, 0.25) is 0 Å². The second-order valence-corrected chi connectivity index (χ2v) is 8.33. The number of ether oxygens (including phenoxy) is 2. The Bertz CT molecular complexity index is 994. The molecule has 154 valence electrons. The molecule has 2 N–H and O–H groups in total. The number of nitrogens with zero attached hydrogens (tertiary/aromatic N) is 1. The van der Waals surface area contributed by atoms with Gasteiger partial charge in [0.1, 0.15) is 18.5 Å². The van der Waals surface area contributed by atoms with Crippen molar-refractivity contribution in [3.63, 3.8) is 0 Å². The van der Waals surface area contributed by atoms with Gasteiger partial charge in [-0.25, -0.2) is 8.42 Å². The zero-order valence-corrected chi connectivity index (χ0v) is 16.6. The molecule has 2 amide bonds. The summed E-state index contributed by atoms with van der Waals surface area (Å²) in [6.07, 6.45) is 2.93. The Labute approximate surface area is 168 Å². The summed E-state index contributed by atoms with van der Waals surface area (Å²) in [4.78, 5) is 27.6. The van der Waals surface area contributed by atoms with Crippen LogP contribution in [0.1, 0.15) is 17.7 Å². The Hall–Kier alpha value is -3.14. The molecule has 1 aliphatic rings. The van der Waals surface area contributed by atoms with E-state index in [4.69, 9.17) is 9.47 Å². The topological polar surface area (TPSA) is 124 Å². The molecule has 0 bridgehead atoms. The number of pyridine rings is 1. The number of hydrogen-bond donors (Lipinski definition) is 2. The van der Waals surface area contributed by atoms with E-state index >= 15 is 0 Å². The minimum absolute atomic E-state index is 0.0165. The first-order valence-electron chi connectivity index (χ1n) is 9.03. The molecule has 0 fully saturated rings. The molecule has 0 saturated carbocycles. The van der Waals surface area contributed by atoms with Crippen LogP contribution in [-0.4, -0.2) is 51.5 Å². The molecule has 0 radical (unpaired) electrons.